The Hall–Kier alpha value is -1.73. The number of nitrogens with zero attached hydrogens (tertiary/aromatic N) is 3. The van der Waals surface area contributed by atoms with Gasteiger partial charge in [-0.05, 0) is 26.3 Å². The van der Waals surface area contributed by atoms with Gasteiger partial charge in [0.1, 0.15) is 5.56 Å². The number of ether oxygens (including phenoxy) is 2. The molecule has 1 atom stereocenters. The third kappa shape index (κ3) is 4.12. The number of rotatable bonds is 8. The molecule has 0 aliphatic carbocycles. The van der Waals surface area contributed by atoms with Crippen molar-refractivity contribution in [2.75, 3.05) is 38.9 Å². The molecule has 21 heavy (non-hydrogen) atoms. The van der Waals surface area contributed by atoms with Gasteiger partial charge < -0.3 is 19.5 Å². The van der Waals surface area contributed by atoms with E-state index in [1.165, 1.54) is 0 Å². The van der Waals surface area contributed by atoms with Gasteiger partial charge in [-0.15, -0.1) is 5.10 Å². The summed E-state index contributed by atoms with van der Waals surface area (Å²) in [6.07, 6.45) is 0. The second-order valence-electron chi connectivity index (χ2n) is 4.90. The molecule has 0 bridgehead atoms. The molecule has 0 radical (unpaired) electrons. The second kappa shape index (κ2) is 7.90. The molecule has 7 heteroatoms. The summed E-state index contributed by atoms with van der Waals surface area (Å²) >= 11 is 0. The highest BCUT2D eigenvalue weighted by atomic mass is 16.5. The van der Waals surface area contributed by atoms with Crippen LogP contribution >= 0.6 is 0 Å². The molecular weight excluding hydrogens is 274 g/mol. The Labute approximate surface area is 124 Å². The van der Waals surface area contributed by atoms with Crippen molar-refractivity contribution in [3.8, 4) is 0 Å². The van der Waals surface area contributed by atoms with Crippen LogP contribution < -0.4 is 4.90 Å². The lowest BCUT2D eigenvalue weighted by Gasteiger charge is -2.30. The fourth-order valence-corrected chi connectivity index (χ4v) is 2.11. The molecule has 0 aliphatic rings. The van der Waals surface area contributed by atoms with Gasteiger partial charge in [-0.25, -0.2) is 4.79 Å². The highest BCUT2D eigenvalue weighted by molar-refractivity contribution is 5.95. The molecule has 0 saturated carbocycles. The summed E-state index contributed by atoms with van der Waals surface area (Å²) in [6, 6.07) is -0.0420. The van der Waals surface area contributed by atoms with Crippen molar-refractivity contribution in [1.29, 1.82) is 0 Å². The summed E-state index contributed by atoms with van der Waals surface area (Å²) in [5.74, 6) is -0.653. The van der Waals surface area contributed by atoms with Crippen molar-refractivity contribution in [3.63, 3.8) is 0 Å². The first kappa shape index (κ1) is 17.3. The number of hydrogen-bond acceptors (Lipinski definition) is 6. The van der Waals surface area contributed by atoms with E-state index in [1.807, 2.05) is 11.8 Å². The van der Waals surface area contributed by atoms with Gasteiger partial charge in [-0.1, -0.05) is 0 Å². The molecule has 7 nitrogen and oxygen atoms in total. The van der Waals surface area contributed by atoms with Gasteiger partial charge in [0.2, 0.25) is 0 Å². The number of carboxylic acid groups (broad SMARTS) is 1. The maximum absolute atomic E-state index is 11.6. The minimum Gasteiger partial charge on any atom is -0.478 e. The average Bonchev–Trinajstić information content (AvgIpc) is 2.43. The van der Waals surface area contributed by atoms with E-state index >= 15 is 0 Å². The highest BCUT2D eigenvalue weighted by Crippen LogP contribution is 2.24. The SMILES string of the molecule is COCCN(c1nnc(C)c(C)c1C(=O)O)C(C)COC. The molecule has 0 saturated heterocycles. The summed E-state index contributed by atoms with van der Waals surface area (Å²) in [7, 11) is 3.21. The molecule has 1 aromatic rings. The largest absolute Gasteiger partial charge is 0.478 e. The Morgan fingerprint density at radius 1 is 1.29 bits per heavy atom. The van der Waals surface area contributed by atoms with E-state index < -0.39 is 5.97 Å². The van der Waals surface area contributed by atoms with Crippen LogP contribution in [0.5, 0.6) is 0 Å². The van der Waals surface area contributed by atoms with Crippen LogP contribution in [0, 0.1) is 13.8 Å². The van der Waals surface area contributed by atoms with Crippen LogP contribution in [-0.2, 0) is 9.47 Å². The molecule has 0 spiro atoms. The van der Waals surface area contributed by atoms with E-state index in [4.69, 9.17) is 9.47 Å². The Bertz CT molecular complexity index is 493. The third-order valence-corrected chi connectivity index (χ3v) is 3.40. The topological polar surface area (TPSA) is 84.8 Å². The maximum atomic E-state index is 11.6. The Balaban J connectivity index is 3.29. The number of carbonyl (C=O) groups is 1. The van der Waals surface area contributed by atoms with Crippen molar-refractivity contribution in [1.82, 2.24) is 10.2 Å². The van der Waals surface area contributed by atoms with Crippen LogP contribution in [0.15, 0.2) is 0 Å². The zero-order chi connectivity index (χ0) is 16.0. The number of hydrogen-bond donors (Lipinski definition) is 1. The Morgan fingerprint density at radius 2 is 1.95 bits per heavy atom. The summed E-state index contributed by atoms with van der Waals surface area (Å²) in [5.41, 5.74) is 1.42. The molecule has 0 aromatic carbocycles. The van der Waals surface area contributed by atoms with E-state index in [1.54, 1.807) is 28.1 Å². The van der Waals surface area contributed by atoms with Gasteiger partial charge in [0.05, 0.1) is 24.9 Å². The monoisotopic (exact) mass is 297 g/mol. The predicted molar refractivity (Wildman–Crippen MR) is 79.0 cm³/mol. The molecule has 1 aromatic heterocycles. The van der Waals surface area contributed by atoms with Crippen molar-refractivity contribution >= 4 is 11.8 Å². The van der Waals surface area contributed by atoms with Gasteiger partial charge in [0.25, 0.3) is 0 Å². The van der Waals surface area contributed by atoms with E-state index in [-0.39, 0.29) is 11.6 Å². The Kier molecular flexibility index (Phi) is 6.51. The molecule has 0 aliphatic heterocycles. The first-order chi connectivity index (χ1) is 9.93. The first-order valence-corrected chi connectivity index (χ1v) is 6.75. The smallest absolute Gasteiger partial charge is 0.339 e. The number of aryl methyl sites for hydroxylation is 1. The lowest BCUT2D eigenvalue weighted by Crippen LogP contribution is -2.40. The van der Waals surface area contributed by atoms with Crippen LogP contribution in [0.3, 0.4) is 0 Å². The van der Waals surface area contributed by atoms with Crippen LogP contribution in [0.1, 0.15) is 28.5 Å². The van der Waals surface area contributed by atoms with E-state index in [0.717, 1.165) is 0 Å². The molecule has 118 valence electrons. The molecular formula is C14H23N3O4. The van der Waals surface area contributed by atoms with Crippen molar-refractivity contribution in [2.45, 2.75) is 26.8 Å². The highest BCUT2D eigenvalue weighted by Gasteiger charge is 2.25. The van der Waals surface area contributed by atoms with Crippen molar-refractivity contribution in [3.05, 3.63) is 16.8 Å². The van der Waals surface area contributed by atoms with Gasteiger partial charge in [0.15, 0.2) is 5.82 Å². The number of aromatic nitrogens is 2. The summed E-state index contributed by atoms with van der Waals surface area (Å²) in [4.78, 5) is 13.5. The normalized spacial score (nSPS) is 12.2. The maximum Gasteiger partial charge on any atom is 0.339 e. The van der Waals surface area contributed by atoms with Crippen molar-refractivity contribution < 1.29 is 19.4 Å². The molecule has 1 rings (SSSR count). The lowest BCUT2D eigenvalue weighted by molar-refractivity contribution is 0.0695. The molecule has 0 amide bonds. The average molecular weight is 297 g/mol. The molecule has 1 unspecified atom stereocenters. The van der Waals surface area contributed by atoms with Gasteiger partial charge in [-0.3, -0.25) is 0 Å². The number of methoxy groups -OCH3 is 2. The van der Waals surface area contributed by atoms with E-state index in [2.05, 4.69) is 10.2 Å². The zero-order valence-electron chi connectivity index (χ0n) is 13.2. The molecule has 1 N–H and O–H groups in total. The third-order valence-electron chi connectivity index (χ3n) is 3.40. The molecule has 0 fully saturated rings. The fraction of sp³-hybridized carbons (Fsp3) is 0.643. The lowest BCUT2D eigenvalue weighted by atomic mass is 10.1. The molecule has 1 heterocycles. The minimum absolute atomic E-state index is 0.0420. The van der Waals surface area contributed by atoms with Gasteiger partial charge in [0, 0.05) is 20.8 Å². The fourth-order valence-electron chi connectivity index (χ4n) is 2.11. The Morgan fingerprint density at radius 3 is 2.48 bits per heavy atom. The van der Waals surface area contributed by atoms with Gasteiger partial charge in [-0.2, -0.15) is 5.10 Å². The van der Waals surface area contributed by atoms with Crippen molar-refractivity contribution in [2.24, 2.45) is 0 Å². The van der Waals surface area contributed by atoms with Crippen LogP contribution in [0.2, 0.25) is 0 Å². The number of carboxylic acids is 1. The summed E-state index contributed by atoms with van der Waals surface area (Å²) in [6.45, 7) is 6.86. The number of aromatic carboxylic acids is 1. The van der Waals surface area contributed by atoms with E-state index in [0.29, 0.717) is 36.8 Å². The first-order valence-electron chi connectivity index (χ1n) is 6.75. The van der Waals surface area contributed by atoms with Crippen LogP contribution in [-0.4, -0.2) is 61.3 Å². The zero-order valence-corrected chi connectivity index (χ0v) is 13.2. The van der Waals surface area contributed by atoms with E-state index in [9.17, 15) is 9.90 Å². The predicted octanol–water partition coefficient (Wildman–Crippen LogP) is 1.28. The second-order valence-corrected chi connectivity index (χ2v) is 4.90. The number of anilines is 1. The van der Waals surface area contributed by atoms with Crippen LogP contribution in [0.4, 0.5) is 5.82 Å². The summed E-state index contributed by atoms with van der Waals surface area (Å²) < 4.78 is 10.3. The quantitative estimate of drug-likeness (QED) is 0.773. The summed E-state index contributed by atoms with van der Waals surface area (Å²) in [5, 5.41) is 17.7. The van der Waals surface area contributed by atoms with Crippen LogP contribution in [0.25, 0.3) is 0 Å². The minimum atomic E-state index is -1.01. The standard InChI is InChI=1S/C14H23N3O4/c1-9(8-21-5)17(6-7-20-4)13-12(14(18)19)10(2)11(3)15-16-13/h9H,6-8H2,1-5H3,(H,18,19). The van der Waals surface area contributed by atoms with Gasteiger partial charge >= 0.3 is 5.97 Å².